The summed E-state index contributed by atoms with van der Waals surface area (Å²) in [4.78, 5) is 12.3. The molecule has 4 nitrogen and oxygen atoms in total. The molecule has 1 atom stereocenters. The van der Waals surface area contributed by atoms with E-state index < -0.39 is 0 Å². The van der Waals surface area contributed by atoms with Crippen molar-refractivity contribution in [2.24, 2.45) is 0 Å². The van der Waals surface area contributed by atoms with Crippen LogP contribution in [0.25, 0.3) is 0 Å². The van der Waals surface area contributed by atoms with E-state index in [0.29, 0.717) is 29.5 Å². The van der Waals surface area contributed by atoms with Crippen molar-refractivity contribution in [1.82, 2.24) is 0 Å². The van der Waals surface area contributed by atoms with E-state index in [2.05, 4.69) is 5.32 Å². The SMILES string of the molecule is CCOc1cc(CC2C(=O)Nc3ccc(Cl)cc32)ccc1OC. The summed E-state index contributed by atoms with van der Waals surface area (Å²) in [6.07, 6.45) is 0.587. The lowest BCUT2D eigenvalue weighted by atomic mass is 9.93. The van der Waals surface area contributed by atoms with E-state index in [9.17, 15) is 4.79 Å². The molecule has 0 saturated heterocycles. The molecule has 0 saturated carbocycles. The number of hydrogen-bond donors (Lipinski definition) is 1. The van der Waals surface area contributed by atoms with E-state index in [0.717, 1.165) is 16.8 Å². The average Bonchev–Trinajstić information content (AvgIpc) is 2.84. The summed E-state index contributed by atoms with van der Waals surface area (Å²) in [5.41, 5.74) is 2.79. The molecule has 1 heterocycles. The van der Waals surface area contributed by atoms with Crippen molar-refractivity contribution >= 4 is 23.2 Å². The number of nitrogens with one attached hydrogen (secondary N) is 1. The van der Waals surface area contributed by atoms with Crippen LogP contribution in [-0.2, 0) is 11.2 Å². The van der Waals surface area contributed by atoms with Gasteiger partial charge in [-0.2, -0.15) is 0 Å². The Morgan fingerprint density at radius 1 is 1.17 bits per heavy atom. The maximum atomic E-state index is 12.3. The number of amides is 1. The van der Waals surface area contributed by atoms with E-state index in [1.165, 1.54) is 0 Å². The predicted octanol–water partition coefficient (Wildman–Crippen LogP) is 4.03. The first-order valence-electron chi connectivity index (χ1n) is 7.52. The van der Waals surface area contributed by atoms with Gasteiger partial charge in [-0.05, 0) is 54.8 Å². The number of benzene rings is 2. The fourth-order valence-corrected chi connectivity index (χ4v) is 3.03. The van der Waals surface area contributed by atoms with Crippen molar-refractivity contribution < 1.29 is 14.3 Å². The molecule has 5 heteroatoms. The smallest absolute Gasteiger partial charge is 0.232 e. The Hall–Kier alpha value is -2.20. The first kappa shape index (κ1) is 15.7. The Morgan fingerprint density at radius 3 is 2.74 bits per heavy atom. The van der Waals surface area contributed by atoms with Gasteiger partial charge >= 0.3 is 0 Å². The van der Waals surface area contributed by atoms with Gasteiger partial charge < -0.3 is 14.8 Å². The van der Waals surface area contributed by atoms with Crippen LogP contribution in [0.3, 0.4) is 0 Å². The van der Waals surface area contributed by atoms with Gasteiger partial charge in [-0.1, -0.05) is 17.7 Å². The minimum absolute atomic E-state index is 0.00366. The van der Waals surface area contributed by atoms with Gasteiger partial charge in [-0.15, -0.1) is 0 Å². The van der Waals surface area contributed by atoms with E-state index in [-0.39, 0.29) is 11.8 Å². The minimum Gasteiger partial charge on any atom is -0.493 e. The lowest BCUT2D eigenvalue weighted by Gasteiger charge is -2.13. The summed E-state index contributed by atoms with van der Waals surface area (Å²) < 4.78 is 10.9. The van der Waals surface area contributed by atoms with Crippen molar-refractivity contribution in [3.05, 3.63) is 52.5 Å². The van der Waals surface area contributed by atoms with Crippen LogP contribution in [-0.4, -0.2) is 19.6 Å². The number of carbonyl (C=O) groups is 1. The fourth-order valence-electron chi connectivity index (χ4n) is 2.85. The number of rotatable bonds is 5. The molecule has 23 heavy (non-hydrogen) atoms. The monoisotopic (exact) mass is 331 g/mol. The van der Waals surface area contributed by atoms with Gasteiger partial charge in [0, 0.05) is 10.7 Å². The zero-order chi connectivity index (χ0) is 16.4. The molecule has 1 amide bonds. The molecule has 0 radical (unpaired) electrons. The Morgan fingerprint density at radius 2 is 2.00 bits per heavy atom. The number of methoxy groups -OCH3 is 1. The Labute approximate surface area is 140 Å². The molecular formula is C18H18ClNO3. The highest BCUT2D eigenvalue weighted by atomic mass is 35.5. The molecule has 1 aliphatic rings. The Bertz CT molecular complexity index is 745. The van der Waals surface area contributed by atoms with Crippen LogP contribution < -0.4 is 14.8 Å². The number of carbonyl (C=O) groups excluding carboxylic acids is 1. The van der Waals surface area contributed by atoms with Crippen molar-refractivity contribution in [1.29, 1.82) is 0 Å². The number of hydrogen-bond acceptors (Lipinski definition) is 3. The molecule has 3 rings (SSSR count). The third-order valence-corrected chi connectivity index (χ3v) is 4.17. The van der Waals surface area contributed by atoms with E-state index in [1.54, 1.807) is 13.2 Å². The van der Waals surface area contributed by atoms with Crippen LogP contribution in [0.1, 0.15) is 24.0 Å². The molecule has 2 aromatic rings. The quantitative estimate of drug-likeness (QED) is 0.900. The molecule has 0 aliphatic carbocycles. The molecule has 0 bridgehead atoms. The van der Waals surface area contributed by atoms with E-state index in [1.807, 2.05) is 37.3 Å². The number of halogens is 1. The van der Waals surface area contributed by atoms with Crippen LogP contribution in [0.2, 0.25) is 5.02 Å². The molecule has 1 aliphatic heterocycles. The van der Waals surface area contributed by atoms with Crippen LogP contribution in [0.4, 0.5) is 5.69 Å². The first-order valence-corrected chi connectivity index (χ1v) is 7.90. The highest BCUT2D eigenvalue weighted by molar-refractivity contribution is 6.31. The maximum Gasteiger partial charge on any atom is 0.232 e. The minimum atomic E-state index is -0.244. The van der Waals surface area contributed by atoms with E-state index >= 15 is 0 Å². The largest absolute Gasteiger partial charge is 0.493 e. The van der Waals surface area contributed by atoms with Crippen molar-refractivity contribution in [3.8, 4) is 11.5 Å². The Kier molecular flexibility index (Phi) is 4.44. The molecule has 1 N–H and O–H groups in total. The van der Waals surface area contributed by atoms with Gasteiger partial charge in [-0.3, -0.25) is 4.79 Å². The van der Waals surface area contributed by atoms with Crippen LogP contribution >= 0.6 is 11.6 Å². The summed E-state index contributed by atoms with van der Waals surface area (Å²) in [7, 11) is 1.61. The first-order chi connectivity index (χ1) is 11.1. The van der Waals surface area contributed by atoms with Gasteiger partial charge in [-0.25, -0.2) is 0 Å². The Balaban J connectivity index is 1.89. The molecular weight excluding hydrogens is 314 g/mol. The highest BCUT2D eigenvalue weighted by Crippen LogP contribution is 2.37. The van der Waals surface area contributed by atoms with Gasteiger partial charge in [0.1, 0.15) is 0 Å². The summed E-state index contributed by atoms with van der Waals surface area (Å²) in [6, 6.07) is 11.2. The molecule has 1 unspecified atom stereocenters. The van der Waals surface area contributed by atoms with Gasteiger partial charge in [0.25, 0.3) is 0 Å². The summed E-state index contributed by atoms with van der Waals surface area (Å²) in [6.45, 7) is 2.48. The topological polar surface area (TPSA) is 47.6 Å². The van der Waals surface area contributed by atoms with Gasteiger partial charge in [0.05, 0.1) is 19.6 Å². The van der Waals surface area contributed by atoms with E-state index in [4.69, 9.17) is 21.1 Å². The van der Waals surface area contributed by atoms with Crippen LogP contribution in [0.5, 0.6) is 11.5 Å². The third-order valence-electron chi connectivity index (χ3n) is 3.93. The summed E-state index contributed by atoms with van der Waals surface area (Å²) in [5.74, 6) is 1.13. The van der Waals surface area contributed by atoms with Gasteiger partial charge in [0.2, 0.25) is 5.91 Å². The lowest BCUT2D eigenvalue weighted by Crippen LogP contribution is -2.14. The fraction of sp³-hybridized carbons (Fsp3) is 0.278. The van der Waals surface area contributed by atoms with Gasteiger partial charge in [0.15, 0.2) is 11.5 Å². The average molecular weight is 332 g/mol. The van der Waals surface area contributed by atoms with Crippen molar-refractivity contribution in [3.63, 3.8) is 0 Å². The van der Waals surface area contributed by atoms with Crippen LogP contribution in [0, 0.1) is 0 Å². The second-order valence-corrected chi connectivity index (χ2v) is 5.83. The molecule has 0 spiro atoms. The second-order valence-electron chi connectivity index (χ2n) is 5.40. The van der Waals surface area contributed by atoms with Crippen molar-refractivity contribution in [2.45, 2.75) is 19.3 Å². The zero-order valence-corrected chi connectivity index (χ0v) is 13.8. The number of fused-ring (bicyclic) bond motifs is 1. The maximum absolute atomic E-state index is 12.3. The molecule has 2 aromatic carbocycles. The standard InChI is InChI=1S/C18H18ClNO3/c1-3-23-17-9-11(4-7-16(17)22-2)8-14-13-10-12(19)5-6-15(13)20-18(14)21/h4-7,9-10,14H,3,8H2,1-2H3,(H,20,21). The summed E-state index contributed by atoms with van der Waals surface area (Å²) in [5, 5.41) is 3.54. The lowest BCUT2D eigenvalue weighted by molar-refractivity contribution is -0.117. The predicted molar refractivity (Wildman–Crippen MR) is 90.7 cm³/mol. The van der Waals surface area contributed by atoms with Crippen LogP contribution in [0.15, 0.2) is 36.4 Å². The zero-order valence-electron chi connectivity index (χ0n) is 13.1. The number of ether oxygens (including phenoxy) is 2. The summed E-state index contributed by atoms with van der Waals surface area (Å²) >= 11 is 6.07. The van der Waals surface area contributed by atoms with Crippen molar-refractivity contribution in [2.75, 3.05) is 19.0 Å². The third kappa shape index (κ3) is 3.13. The highest BCUT2D eigenvalue weighted by Gasteiger charge is 2.30. The normalized spacial score (nSPS) is 16.0. The molecule has 0 aromatic heterocycles. The molecule has 0 fully saturated rings. The number of anilines is 1. The second kappa shape index (κ2) is 6.50. The molecule has 120 valence electrons.